The molecule has 2 amide bonds. The topological polar surface area (TPSA) is 105 Å². The standard InChI is InChI=1S/C37H43N3O6S/c1-5-28(2)38-37(42)35(24-29-13-8-6-9-14-29)39(25-31-17-12-18-34(23-31)45-3)36(41)26-40(47(4,43)44)32-19-21-33(22-20-32)46-27-30-15-10-7-11-16-30/h6-23,28,35H,5,24-27H2,1-4H3,(H,38,42)/t28-,35-/m1/s1. The Hall–Kier alpha value is -4.83. The fourth-order valence-corrected chi connectivity index (χ4v) is 5.88. The molecule has 0 aliphatic rings. The quantitative estimate of drug-likeness (QED) is 0.168. The Morgan fingerprint density at radius 3 is 2.02 bits per heavy atom. The molecule has 0 saturated carbocycles. The highest BCUT2D eigenvalue weighted by Gasteiger charge is 2.33. The summed E-state index contributed by atoms with van der Waals surface area (Å²) in [5, 5.41) is 3.04. The van der Waals surface area contributed by atoms with Crippen LogP contribution in [0.25, 0.3) is 0 Å². The molecule has 9 nitrogen and oxygen atoms in total. The van der Waals surface area contributed by atoms with E-state index in [2.05, 4.69) is 5.32 Å². The first-order valence-corrected chi connectivity index (χ1v) is 17.4. The predicted molar refractivity (Wildman–Crippen MR) is 185 cm³/mol. The van der Waals surface area contributed by atoms with Crippen molar-refractivity contribution in [2.24, 2.45) is 0 Å². The van der Waals surface area contributed by atoms with Crippen molar-refractivity contribution >= 4 is 27.5 Å². The number of sulfonamides is 1. The average Bonchev–Trinajstić information content (AvgIpc) is 3.08. The van der Waals surface area contributed by atoms with E-state index in [0.29, 0.717) is 30.2 Å². The average molecular weight is 658 g/mol. The van der Waals surface area contributed by atoms with Crippen LogP contribution in [-0.4, -0.2) is 57.1 Å². The van der Waals surface area contributed by atoms with Gasteiger partial charge in [0, 0.05) is 19.0 Å². The minimum absolute atomic E-state index is 0.0608. The maximum atomic E-state index is 14.3. The highest BCUT2D eigenvalue weighted by Crippen LogP contribution is 2.24. The lowest BCUT2D eigenvalue weighted by Crippen LogP contribution is -2.54. The second-order valence-corrected chi connectivity index (χ2v) is 13.3. The Morgan fingerprint density at radius 1 is 0.809 bits per heavy atom. The van der Waals surface area contributed by atoms with Gasteiger partial charge in [-0.15, -0.1) is 0 Å². The second kappa shape index (κ2) is 16.6. The molecule has 0 fully saturated rings. The van der Waals surface area contributed by atoms with Gasteiger partial charge in [-0.2, -0.15) is 0 Å². The van der Waals surface area contributed by atoms with Gasteiger partial charge in [0.25, 0.3) is 0 Å². The molecule has 0 aromatic heterocycles. The molecule has 0 heterocycles. The largest absolute Gasteiger partial charge is 0.497 e. The third kappa shape index (κ3) is 10.3. The Balaban J connectivity index is 1.66. The smallest absolute Gasteiger partial charge is 0.244 e. The Morgan fingerprint density at radius 2 is 1.43 bits per heavy atom. The minimum Gasteiger partial charge on any atom is -0.497 e. The van der Waals surface area contributed by atoms with E-state index in [9.17, 15) is 18.0 Å². The van der Waals surface area contributed by atoms with Crippen molar-refractivity contribution in [3.05, 3.63) is 126 Å². The highest BCUT2D eigenvalue weighted by atomic mass is 32.2. The number of carbonyl (C=O) groups excluding carboxylic acids is 2. The van der Waals surface area contributed by atoms with Crippen LogP contribution in [0.5, 0.6) is 11.5 Å². The van der Waals surface area contributed by atoms with Crippen molar-refractivity contribution in [3.8, 4) is 11.5 Å². The van der Waals surface area contributed by atoms with Gasteiger partial charge in [-0.3, -0.25) is 13.9 Å². The zero-order chi connectivity index (χ0) is 33.8. The summed E-state index contributed by atoms with van der Waals surface area (Å²) in [6.07, 6.45) is 2.01. The number of hydrogen-bond acceptors (Lipinski definition) is 6. The molecule has 0 spiro atoms. The lowest BCUT2D eigenvalue weighted by molar-refractivity contribution is -0.140. The molecule has 1 N–H and O–H groups in total. The lowest BCUT2D eigenvalue weighted by atomic mass is 10.0. The van der Waals surface area contributed by atoms with Crippen molar-refractivity contribution in [1.82, 2.24) is 10.2 Å². The van der Waals surface area contributed by atoms with E-state index in [1.165, 1.54) is 4.90 Å². The van der Waals surface area contributed by atoms with Crippen molar-refractivity contribution < 1.29 is 27.5 Å². The maximum absolute atomic E-state index is 14.3. The number of benzene rings is 4. The molecule has 0 aliphatic heterocycles. The molecule has 10 heteroatoms. The number of rotatable bonds is 16. The molecule has 0 unspecified atom stereocenters. The molecule has 0 bridgehead atoms. The maximum Gasteiger partial charge on any atom is 0.244 e. The second-order valence-electron chi connectivity index (χ2n) is 11.4. The summed E-state index contributed by atoms with van der Waals surface area (Å²) in [5.41, 5.74) is 2.90. The van der Waals surface area contributed by atoms with Crippen LogP contribution in [0.4, 0.5) is 5.69 Å². The Labute approximate surface area is 278 Å². The fraction of sp³-hybridized carbons (Fsp3) is 0.297. The van der Waals surface area contributed by atoms with Crippen LogP contribution in [0.15, 0.2) is 109 Å². The van der Waals surface area contributed by atoms with Gasteiger partial charge in [-0.1, -0.05) is 79.7 Å². The number of amides is 2. The lowest BCUT2D eigenvalue weighted by Gasteiger charge is -2.34. The summed E-state index contributed by atoms with van der Waals surface area (Å²) in [4.78, 5) is 29.7. The summed E-state index contributed by atoms with van der Waals surface area (Å²) in [6.45, 7) is 3.79. The molecule has 0 aliphatic carbocycles. The van der Waals surface area contributed by atoms with Gasteiger partial charge in [0.15, 0.2) is 0 Å². The van der Waals surface area contributed by atoms with E-state index in [-0.39, 0.29) is 24.9 Å². The van der Waals surface area contributed by atoms with Gasteiger partial charge >= 0.3 is 0 Å². The van der Waals surface area contributed by atoms with Gasteiger partial charge in [0.05, 0.1) is 19.1 Å². The number of ether oxygens (including phenoxy) is 2. The summed E-state index contributed by atoms with van der Waals surface area (Å²) in [7, 11) is -2.34. The van der Waals surface area contributed by atoms with Crippen LogP contribution < -0.4 is 19.1 Å². The van der Waals surface area contributed by atoms with Gasteiger partial charge in [0.1, 0.15) is 30.7 Å². The van der Waals surface area contributed by atoms with E-state index >= 15 is 0 Å². The summed E-state index contributed by atoms with van der Waals surface area (Å²) in [5.74, 6) is 0.320. The predicted octanol–water partition coefficient (Wildman–Crippen LogP) is 5.60. The molecule has 2 atom stereocenters. The molecule has 0 saturated heterocycles. The van der Waals surface area contributed by atoms with Crippen molar-refractivity contribution in [1.29, 1.82) is 0 Å². The fourth-order valence-electron chi connectivity index (χ4n) is 5.03. The third-order valence-electron chi connectivity index (χ3n) is 7.81. The summed E-state index contributed by atoms with van der Waals surface area (Å²) in [6, 6.07) is 31.9. The number of nitrogens with zero attached hydrogens (tertiary/aromatic N) is 2. The van der Waals surface area contributed by atoms with E-state index in [1.54, 1.807) is 43.5 Å². The van der Waals surface area contributed by atoms with Crippen LogP contribution in [0, 0.1) is 0 Å². The highest BCUT2D eigenvalue weighted by molar-refractivity contribution is 7.92. The monoisotopic (exact) mass is 657 g/mol. The van der Waals surface area contributed by atoms with E-state index in [1.807, 2.05) is 86.6 Å². The number of methoxy groups -OCH3 is 1. The number of carbonyl (C=O) groups is 2. The summed E-state index contributed by atoms with van der Waals surface area (Å²) < 4.78 is 38.6. The molecule has 4 aromatic carbocycles. The van der Waals surface area contributed by atoms with Crippen LogP contribution in [0.1, 0.15) is 37.0 Å². The van der Waals surface area contributed by atoms with Gasteiger partial charge in [0.2, 0.25) is 21.8 Å². The molecule has 248 valence electrons. The summed E-state index contributed by atoms with van der Waals surface area (Å²) >= 11 is 0. The third-order valence-corrected chi connectivity index (χ3v) is 8.95. The minimum atomic E-state index is -3.90. The van der Waals surface area contributed by atoms with Crippen LogP contribution in [-0.2, 0) is 39.2 Å². The number of hydrogen-bond donors (Lipinski definition) is 1. The van der Waals surface area contributed by atoms with Crippen molar-refractivity contribution in [2.45, 2.75) is 51.9 Å². The molecular weight excluding hydrogens is 614 g/mol. The zero-order valence-electron chi connectivity index (χ0n) is 27.3. The van der Waals surface area contributed by atoms with Gasteiger partial charge < -0.3 is 19.7 Å². The van der Waals surface area contributed by atoms with Crippen LogP contribution in [0.2, 0.25) is 0 Å². The first-order chi connectivity index (χ1) is 22.6. The normalized spacial score (nSPS) is 12.4. The first-order valence-electron chi connectivity index (χ1n) is 15.6. The number of anilines is 1. The van der Waals surface area contributed by atoms with E-state index < -0.39 is 28.5 Å². The molecule has 47 heavy (non-hydrogen) atoms. The van der Waals surface area contributed by atoms with Gasteiger partial charge in [-0.25, -0.2) is 8.42 Å². The molecular formula is C37H43N3O6S. The Bertz CT molecular complexity index is 1700. The number of nitrogens with one attached hydrogen (secondary N) is 1. The van der Waals surface area contributed by atoms with E-state index in [0.717, 1.165) is 27.3 Å². The van der Waals surface area contributed by atoms with E-state index in [4.69, 9.17) is 9.47 Å². The Kier molecular flexibility index (Phi) is 12.4. The van der Waals surface area contributed by atoms with Gasteiger partial charge in [-0.05, 0) is 66.4 Å². The molecule has 0 radical (unpaired) electrons. The van der Waals surface area contributed by atoms with Crippen molar-refractivity contribution in [3.63, 3.8) is 0 Å². The van der Waals surface area contributed by atoms with Crippen molar-refractivity contribution in [2.75, 3.05) is 24.2 Å². The zero-order valence-corrected chi connectivity index (χ0v) is 28.2. The SMILES string of the molecule is CC[C@@H](C)NC(=O)[C@@H](Cc1ccccc1)N(Cc1cccc(OC)c1)C(=O)CN(c1ccc(OCc2ccccc2)cc1)S(C)(=O)=O. The van der Waals surface area contributed by atoms with Crippen LogP contribution in [0.3, 0.4) is 0 Å². The van der Waals surface area contributed by atoms with Crippen LogP contribution >= 0.6 is 0 Å². The molecule has 4 rings (SSSR count). The first kappa shape index (κ1) is 35.0. The molecule has 4 aromatic rings.